The topological polar surface area (TPSA) is 74.3 Å². The SMILES string of the molecule is CO[C@H]1C[C@@H](CN2CCCC2)N(C(=O)c2cnc3n[nH]c(C)c3c2)C1. The summed E-state index contributed by atoms with van der Waals surface area (Å²) < 4.78 is 5.56. The van der Waals surface area contributed by atoms with Crippen LogP contribution in [-0.4, -0.2) is 76.3 Å². The fraction of sp³-hybridized carbons (Fsp3) is 0.611. The highest BCUT2D eigenvalue weighted by molar-refractivity contribution is 5.97. The number of nitrogens with zero attached hydrogens (tertiary/aromatic N) is 4. The van der Waals surface area contributed by atoms with Gasteiger partial charge in [-0.15, -0.1) is 0 Å². The monoisotopic (exact) mass is 343 g/mol. The first-order chi connectivity index (χ1) is 12.2. The average molecular weight is 343 g/mol. The Balaban J connectivity index is 1.57. The van der Waals surface area contributed by atoms with Crippen LogP contribution in [0.4, 0.5) is 0 Å². The molecule has 0 spiro atoms. The number of H-pyrrole nitrogens is 1. The van der Waals surface area contributed by atoms with Crippen molar-refractivity contribution in [3.8, 4) is 0 Å². The zero-order chi connectivity index (χ0) is 17.4. The van der Waals surface area contributed by atoms with Crippen molar-refractivity contribution < 1.29 is 9.53 Å². The minimum atomic E-state index is 0.0405. The molecular weight excluding hydrogens is 318 g/mol. The van der Waals surface area contributed by atoms with E-state index in [1.165, 1.54) is 12.8 Å². The molecule has 25 heavy (non-hydrogen) atoms. The molecule has 2 aliphatic heterocycles. The lowest BCUT2D eigenvalue weighted by molar-refractivity contribution is 0.0670. The fourth-order valence-electron chi connectivity index (χ4n) is 4.03. The lowest BCUT2D eigenvalue weighted by Crippen LogP contribution is -2.42. The number of methoxy groups -OCH3 is 1. The van der Waals surface area contributed by atoms with Crippen molar-refractivity contribution in [1.29, 1.82) is 0 Å². The number of aryl methyl sites for hydroxylation is 1. The lowest BCUT2D eigenvalue weighted by atomic mass is 10.1. The second kappa shape index (κ2) is 6.72. The third-order valence-electron chi connectivity index (χ3n) is 5.49. The molecule has 1 amide bonds. The number of hydrogen-bond acceptors (Lipinski definition) is 5. The summed E-state index contributed by atoms with van der Waals surface area (Å²) in [5.74, 6) is 0.0405. The van der Waals surface area contributed by atoms with Crippen molar-refractivity contribution in [2.45, 2.75) is 38.3 Å². The predicted molar refractivity (Wildman–Crippen MR) is 94.5 cm³/mol. The van der Waals surface area contributed by atoms with E-state index >= 15 is 0 Å². The second-order valence-corrected chi connectivity index (χ2v) is 7.16. The van der Waals surface area contributed by atoms with Gasteiger partial charge in [0.05, 0.1) is 11.7 Å². The van der Waals surface area contributed by atoms with Crippen LogP contribution < -0.4 is 0 Å². The van der Waals surface area contributed by atoms with Crippen molar-refractivity contribution in [1.82, 2.24) is 25.0 Å². The molecule has 2 aliphatic rings. The molecule has 1 N–H and O–H groups in total. The Labute approximate surface area is 147 Å². The van der Waals surface area contributed by atoms with Gasteiger partial charge < -0.3 is 14.5 Å². The first-order valence-corrected chi connectivity index (χ1v) is 9.02. The molecule has 7 heteroatoms. The first kappa shape index (κ1) is 16.5. The Morgan fingerprint density at radius 2 is 2.20 bits per heavy atom. The van der Waals surface area contributed by atoms with Crippen molar-refractivity contribution in [2.24, 2.45) is 0 Å². The number of pyridine rings is 1. The van der Waals surface area contributed by atoms with Crippen molar-refractivity contribution in [3.05, 3.63) is 23.5 Å². The highest BCUT2D eigenvalue weighted by Crippen LogP contribution is 2.25. The maximum Gasteiger partial charge on any atom is 0.255 e. The summed E-state index contributed by atoms with van der Waals surface area (Å²) >= 11 is 0. The molecule has 7 nitrogen and oxygen atoms in total. The summed E-state index contributed by atoms with van der Waals surface area (Å²) in [6.45, 7) is 5.80. The maximum atomic E-state index is 13.2. The van der Waals surface area contributed by atoms with Crippen LogP contribution >= 0.6 is 0 Å². The van der Waals surface area contributed by atoms with Gasteiger partial charge in [-0.05, 0) is 45.3 Å². The van der Waals surface area contributed by atoms with Crippen LogP contribution in [0.25, 0.3) is 11.0 Å². The van der Waals surface area contributed by atoms with Crippen LogP contribution in [0.15, 0.2) is 12.3 Å². The average Bonchev–Trinajstić information content (AvgIpc) is 3.35. The van der Waals surface area contributed by atoms with Gasteiger partial charge in [0.1, 0.15) is 0 Å². The highest BCUT2D eigenvalue weighted by Gasteiger charge is 2.37. The largest absolute Gasteiger partial charge is 0.380 e. The van der Waals surface area contributed by atoms with Gasteiger partial charge in [0.2, 0.25) is 0 Å². The van der Waals surface area contributed by atoms with Crippen LogP contribution in [0.1, 0.15) is 35.3 Å². The highest BCUT2D eigenvalue weighted by atomic mass is 16.5. The summed E-state index contributed by atoms with van der Waals surface area (Å²) in [7, 11) is 1.73. The number of fused-ring (bicyclic) bond motifs is 1. The second-order valence-electron chi connectivity index (χ2n) is 7.16. The van der Waals surface area contributed by atoms with Gasteiger partial charge in [-0.25, -0.2) is 4.98 Å². The van der Waals surface area contributed by atoms with E-state index in [0.717, 1.165) is 37.1 Å². The van der Waals surface area contributed by atoms with Crippen LogP contribution in [0.2, 0.25) is 0 Å². The van der Waals surface area contributed by atoms with Gasteiger partial charge in [0.15, 0.2) is 5.65 Å². The Kier molecular flexibility index (Phi) is 4.43. The standard InChI is InChI=1S/C18H25N5O2/c1-12-16-7-13(9-19-17(16)21-20-12)18(24)23-11-15(25-2)8-14(23)10-22-5-3-4-6-22/h7,9,14-15H,3-6,8,10-11H2,1-2H3,(H,19,20,21)/t14-,15-/m0/s1. The number of amides is 1. The molecule has 2 atom stereocenters. The number of aromatic nitrogens is 3. The maximum absolute atomic E-state index is 13.2. The van der Waals surface area contributed by atoms with Crippen LogP contribution in [0, 0.1) is 6.92 Å². The van der Waals surface area contributed by atoms with Gasteiger partial charge in [-0.1, -0.05) is 0 Å². The molecule has 0 aromatic carbocycles. The predicted octanol–water partition coefficient (Wildman–Crippen LogP) is 1.59. The summed E-state index contributed by atoms with van der Waals surface area (Å²) in [5, 5.41) is 7.97. The number of rotatable bonds is 4. The molecule has 4 heterocycles. The molecule has 0 aliphatic carbocycles. The van der Waals surface area contributed by atoms with E-state index in [2.05, 4.69) is 20.1 Å². The van der Waals surface area contributed by atoms with Gasteiger partial charge in [0.25, 0.3) is 5.91 Å². The van der Waals surface area contributed by atoms with Crippen LogP contribution in [-0.2, 0) is 4.74 Å². The van der Waals surface area contributed by atoms with E-state index in [-0.39, 0.29) is 18.1 Å². The van der Waals surface area contributed by atoms with Crippen molar-refractivity contribution in [2.75, 3.05) is 33.3 Å². The quantitative estimate of drug-likeness (QED) is 0.912. The molecule has 2 aromatic rings. The Hall–Kier alpha value is -1.99. The summed E-state index contributed by atoms with van der Waals surface area (Å²) in [6, 6.07) is 2.10. The number of ether oxygens (including phenoxy) is 1. The Bertz CT molecular complexity index is 768. The van der Waals surface area contributed by atoms with Crippen molar-refractivity contribution >= 4 is 16.9 Å². The molecule has 0 unspecified atom stereocenters. The smallest absolute Gasteiger partial charge is 0.255 e. The fourth-order valence-corrected chi connectivity index (χ4v) is 4.03. The lowest BCUT2D eigenvalue weighted by Gasteiger charge is -2.28. The van der Waals surface area contributed by atoms with E-state index in [1.54, 1.807) is 13.3 Å². The minimum Gasteiger partial charge on any atom is -0.380 e. The molecule has 134 valence electrons. The normalized spacial score (nSPS) is 24.5. The van der Waals surface area contributed by atoms with E-state index in [4.69, 9.17) is 4.74 Å². The van der Waals surface area contributed by atoms with Gasteiger partial charge in [0, 0.05) is 43.5 Å². The minimum absolute atomic E-state index is 0.0405. The van der Waals surface area contributed by atoms with Crippen molar-refractivity contribution in [3.63, 3.8) is 0 Å². The van der Waals surface area contributed by atoms with Crippen LogP contribution in [0.3, 0.4) is 0 Å². The Morgan fingerprint density at radius 1 is 1.40 bits per heavy atom. The van der Waals surface area contributed by atoms with E-state index < -0.39 is 0 Å². The summed E-state index contributed by atoms with van der Waals surface area (Å²) in [5.41, 5.74) is 2.21. The molecular formula is C18H25N5O2. The number of nitrogens with one attached hydrogen (secondary N) is 1. The zero-order valence-electron chi connectivity index (χ0n) is 14.9. The first-order valence-electron chi connectivity index (χ1n) is 9.02. The number of hydrogen-bond donors (Lipinski definition) is 1. The van der Waals surface area contributed by atoms with E-state index in [0.29, 0.717) is 17.8 Å². The number of likely N-dealkylation sites (tertiary alicyclic amines) is 2. The summed E-state index contributed by atoms with van der Waals surface area (Å²) in [6.07, 6.45) is 5.17. The third kappa shape index (κ3) is 3.14. The molecule has 4 rings (SSSR count). The zero-order valence-corrected chi connectivity index (χ0v) is 14.9. The number of aromatic amines is 1. The third-order valence-corrected chi connectivity index (χ3v) is 5.49. The van der Waals surface area contributed by atoms with Gasteiger partial charge in [-0.2, -0.15) is 5.10 Å². The molecule has 2 fully saturated rings. The van der Waals surface area contributed by atoms with Gasteiger partial charge >= 0.3 is 0 Å². The number of carbonyl (C=O) groups excluding carboxylic acids is 1. The van der Waals surface area contributed by atoms with Crippen LogP contribution in [0.5, 0.6) is 0 Å². The molecule has 0 bridgehead atoms. The van der Waals surface area contributed by atoms with Gasteiger partial charge in [-0.3, -0.25) is 9.89 Å². The van der Waals surface area contributed by atoms with E-state index in [1.807, 2.05) is 17.9 Å². The van der Waals surface area contributed by atoms with E-state index in [9.17, 15) is 4.79 Å². The Morgan fingerprint density at radius 3 is 2.96 bits per heavy atom. The molecule has 2 saturated heterocycles. The molecule has 0 radical (unpaired) electrons. The number of carbonyl (C=O) groups is 1. The molecule has 2 aromatic heterocycles. The molecule has 0 saturated carbocycles. The summed E-state index contributed by atoms with van der Waals surface area (Å²) in [4.78, 5) is 21.9.